The van der Waals surface area contributed by atoms with Crippen LogP contribution in [0.25, 0.3) is 0 Å². The van der Waals surface area contributed by atoms with E-state index < -0.39 is 0 Å². The van der Waals surface area contributed by atoms with Crippen molar-refractivity contribution in [1.29, 1.82) is 0 Å². The van der Waals surface area contributed by atoms with Gasteiger partial charge in [-0.05, 0) is 36.5 Å². The van der Waals surface area contributed by atoms with E-state index in [1.54, 1.807) is 7.11 Å². The van der Waals surface area contributed by atoms with E-state index in [0.717, 1.165) is 18.6 Å². The van der Waals surface area contributed by atoms with Crippen molar-refractivity contribution in [1.82, 2.24) is 5.32 Å². The Kier molecular flexibility index (Phi) is 5.67. The summed E-state index contributed by atoms with van der Waals surface area (Å²) < 4.78 is 10.3. The van der Waals surface area contributed by atoms with E-state index in [1.807, 2.05) is 12.1 Å². The third kappa shape index (κ3) is 4.16. The second-order valence-corrected chi connectivity index (χ2v) is 4.66. The third-order valence-corrected chi connectivity index (χ3v) is 3.33. The van der Waals surface area contributed by atoms with Crippen LogP contribution in [0, 0.1) is 0 Å². The van der Waals surface area contributed by atoms with Crippen molar-refractivity contribution < 1.29 is 14.3 Å². The Bertz CT molecular complexity index is 420. The zero-order chi connectivity index (χ0) is 13.0. The van der Waals surface area contributed by atoms with E-state index >= 15 is 0 Å². The molecule has 1 aromatic rings. The van der Waals surface area contributed by atoms with Gasteiger partial charge < -0.3 is 14.8 Å². The summed E-state index contributed by atoms with van der Waals surface area (Å²) in [5.41, 5.74) is 1.26. The second kappa shape index (κ2) is 7.02. The van der Waals surface area contributed by atoms with Crippen LogP contribution in [-0.4, -0.2) is 25.9 Å². The van der Waals surface area contributed by atoms with E-state index in [1.165, 1.54) is 5.56 Å². The molecule has 2 rings (SSSR count). The highest BCUT2D eigenvalue weighted by Crippen LogP contribution is 2.25. The molecule has 1 aliphatic rings. The van der Waals surface area contributed by atoms with Gasteiger partial charge in [-0.25, -0.2) is 4.79 Å². The Morgan fingerprint density at radius 1 is 1.53 bits per heavy atom. The number of hydrogen-bond donors (Lipinski definition) is 1. The standard InChI is InChI=1S/C14H19NO3.CH4/c1-10(6-7-13-9-15-14(16)18-13)11-4-3-5-12(8-11)17-2;/h3-5,8,10,13H,6-7,9H2,1-2H3,(H,15,16);1H4/t10-,13-;/m1./s1. The highest BCUT2D eigenvalue weighted by molar-refractivity contribution is 5.69. The van der Waals surface area contributed by atoms with Crippen LogP contribution in [0.1, 0.15) is 38.7 Å². The van der Waals surface area contributed by atoms with Gasteiger partial charge in [0.15, 0.2) is 0 Å². The molecule has 4 heteroatoms. The van der Waals surface area contributed by atoms with E-state index in [2.05, 4.69) is 24.4 Å². The summed E-state index contributed by atoms with van der Waals surface area (Å²) in [5.74, 6) is 1.31. The average molecular weight is 265 g/mol. The van der Waals surface area contributed by atoms with Crippen molar-refractivity contribution in [3.63, 3.8) is 0 Å². The minimum Gasteiger partial charge on any atom is -0.497 e. The van der Waals surface area contributed by atoms with Crippen LogP contribution in [0.3, 0.4) is 0 Å². The molecule has 1 aliphatic heterocycles. The lowest BCUT2D eigenvalue weighted by Gasteiger charge is -2.14. The van der Waals surface area contributed by atoms with Crippen LogP contribution in [0.2, 0.25) is 0 Å². The zero-order valence-corrected chi connectivity index (χ0v) is 10.8. The fourth-order valence-electron chi connectivity index (χ4n) is 2.14. The SMILES string of the molecule is C.COc1cccc([C@H](C)CC[C@@H]2CNC(=O)O2)c1. The summed E-state index contributed by atoms with van der Waals surface area (Å²) in [6.45, 7) is 2.81. The van der Waals surface area contributed by atoms with Crippen LogP contribution in [0.4, 0.5) is 4.79 Å². The van der Waals surface area contributed by atoms with Crippen molar-refractivity contribution in [3.05, 3.63) is 29.8 Å². The van der Waals surface area contributed by atoms with Gasteiger partial charge in [-0.1, -0.05) is 26.5 Å². The maximum atomic E-state index is 10.9. The quantitative estimate of drug-likeness (QED) is 0.888. The van der Waals surface area contributed by atoms with Gasteiger partial charge in [0, 0.05) is 0 Å². The summed E-state index contributed by atoms with van der Waals surface area (Å²) in [6, 6.07) is 8.11. The number of nitrogens with one attached hydrogen (secondary N) is 1. The van der Waals surface area contributed by atoms with Gasteiger partial charge in [0.2, 0.25) is 0 Å². The van der Waals surface area contributed by atoms with Crippen LogP contribution in [0.5, 0.6) is 5.75 Å². The van der Waals surface area contributed by atoms with Crippen LogP contribution >= 0.6 is 0 Å². The molecule has 1 amide bonds. The summed E-state index contributed by atoms with van der Waals surface area (Å²) >= 11 is 0. The molecule has 0 unspecified atom stereocenters. The first-order valence-electron chi connectivity index (χ1n) is 6.27. The first-order chi connectivity index (χ1) is 8.69. The molecule has 1 heterocycles. The predicted octanol–water partition coefficient (Wildman–Crippen LogP) is 3.32. The van der Waals surface area contributed by atoms with Gasteiger partial charge in [-0.15, -0.1) is 0 Å². The lowest BCUT2D eigenvalue weighted by Crippen LogP contribution is -2.15. The Hall–Kier alpha value is -1.71. The number of benzene rings is 1. The maximum absolute atomic E-state index is 10.9. The first-order valence-corrected chi connectivity index (χ1v) is 6.27. The second-order valence-electron chi connectivity index (χ2n) is 4.66. The Labute approximate surface area is 115 Å². The van der Waals surface area contributed by atoms with Crippen molar-refractivity contribution in [2.75, 3.05) is 13.7 Å². The van der Waals surface area contributed by atoms with E-state index in [9.17, 15) is 4.79 Å². The first kappa shape index (κ1) is 15.3. The molecule has 2 atom stereocenters. The average Bonchev–Trinajstić information content (AvgIpc) is 2.82. The number of carbonyl (C=O) groups is 1. The molecule has 19 heavy (non-hydrogen) atoms. The van der Waals surface area contributed by atoms with Gasteiger partial charge in [-0.2, -0.15) is 0 Å². The summed E-state index contributed by atoms with van der Waals surface area (Å²) in [5, 5.41) is 2.67. The summed E-state index contributed by atoms with van der Waals surface area (Å²) in [6.07, 6.45) is 1.60. The van der Waals surface area contributed by atoms with Gasteiger partial charge in [0.25, 0.3) is 0 Å². The molecule has 0 radical (unpaired) electrons. The number of ether oxygens (including phenoxy) is 2. The molecule has 0 aromatic heterocycles. The molecule has 0 saturated carbocycles. The number of alkyl carbamates (subject to hydrolysis) is 1. The third-order valence-electron chi connectivity index (χ3n) is 3.33. The molecule has 0 spiro atoms. The molecule has 106 valence electrons. The highest BCUT2D eigenvalue weighted by atomic mass is 16.6. The predicted molar refractivity (Wildman–Crippen MR) is 75.6 cm³/mol. The molecule has 0 bridgehead atoms. The fraction of sp³-hybridized carbons (Fsp3) is 0.533. The molecule has 1 fully saturated rings. The number of cyclic esters (lactones) is 1. The largest absolute Gasteiger partial charge is 0.497 e. The minimum atomic E-state index is -0.297. The smallest absolute Gasteiger partial charge is 0.407 e. The lowest BCUT2D eigenvalue weighted by molar-refractivity contribution is 0.133. The van der Waals surface area contributed by atoms with Gasteiger partial charge in [-0.3, -0.25) is 0 Å². The van der Waals surface area contributed by atoms with Crippen molar-refractivity contribution in [3.8, 4) is 5.75 Å². The molecular weight excluding hydrogens is 242 g/mol. The highest BCUT2D eigenvalue weighted by Gasteiger charge is 2.22. The van der Waals surface area contributed by atoms with Gasteiger partial charge in [0.05, 0.1) is 13.7 Å². The van der Waals surface area contributed by atoms with Gasteiger partial charge in [0.1, 0.15) is 11.9 Å². The number of methoxy groups -OCH3 is 1. The van der Waals surface area contributed by atoms with Crippen molar-refractivity contribution >= 4 is 6.09 Å². The summed E-state index contributed by atoms with van der Waals surface area (Å²) in [4.78, 5) is 10.9. The van der Waals surface area contributed by atoms with Gasteiger partial charge >= 0.3 is 6.09 Å². The monoisotopic (exact) mass is 265 g/mol. The van der Waals surface area contributed by atoms with E-state index in [-0.39, 0.29) is 19.6 Å². The van der Waals surface area contributed by atoms with Crippen LogP contribution < -0.4 is 10.1 Å². The molecule has 4 nitrogen and oxygen atoms in total. The Morgan fingerprint density at radius 3 is 2.95 bits per heavy atom. The maximum Gasteiger partial charge on any atom is 0.407 e. The number of rotatable bonds is 5. The zero-order valence-electron chi connectivity index (χ0n) is 10.8. The van der Waals surface area contributed by atoms with Crippen molar-refractivity contribution in [2.45, 2.75) is 39.2 Å². The fourth-order valence-corrected chi connectivity index (χ4v) is 2.14. The van der Waals surface area contributed by atoms with E-state index in [0.29, 0.717) is 12.5 Å². The molecule has 1 aromatic carbocycles. The Morgan fingerprint density at radius 2 is 2.32 bits per heavy atom. The normalized spacial score (nSPS) is 19.1. The lowest BCUT2D eigenvalue weighted by atomic mass is 9.94. The molecule has 1 N–H and O–H groups in total. The topological polar surface area (TPSA) is 47.6 Å². The van der Waals surface area contributed by atoms with Crippen LogP contribution in [-0.2, 0) is 4.74 Å². The number of amides is 1. The summed E-state index contributed by atoms with van der Waals surface area (Å²) in [7, 11) is 1.67. The van der Waals surface area contributed by atoms with Crippen LogP contribution in [0.15, 0.2) is 24.3 Å². The Balaban J connectivity index is 0.00000180. The molecular formula is C15H23NO3. The molecule has 1 saturated heterocycles. The minimum absolute atomic E-state index is 0. The number of hydrogen-bond acceptors (Lipinski definition) is 3. The number of carbonyl (C=O) groups excluding carboxylic acids is 1. The molecule has 0 aliphatic carbocycles. The van der Waals surface area contributed by atoms with Crippen molar-refractivity contribution in [2.24, 2.45) is 0 Å². The van der Waals surface area contributed by atoms with E-state index in [4.69, 9.17) is 9.47 Å².